The monoisotopic (exact) mass is 338 g/mol. The van der Waals surface area contributed by atoms with Crippen molar-refractivity contribution in [2.45, 2.75) is 19.0 Å². The van der Waals surface area contributed by atoms with E-state index in [-0.39, 0.29) is 13.0 Å². The molecule has 3 heterocycles. The molecule has 0 N–H and O–H groups in total. The van der Waals surface area contributed by atoms with Crippen molar-refractivity contribution in [1.29, 1.82) is 0 Å². The molecule has 0 unspecified atom stereocenters. The number of hydrogen-bond acceptors (Lipinski definition) is 5. The van der Waals surface area contributed by atoms with Gasteiger partial charge >= 0.3 is 0 Å². The van der Waals surface area contributed by atoms with E-state index >= 15 is 0 Å². The van der Waals surface area contributed by atoms with Crippen molar-refractivity contribution in [1.82, 2.24) is 4.90 Å². The minimum absolute atomic E-state index is 0.150. The average Bonchev–Trinajstić information content (AvgIpc) is 3.26. The first-order valence-electron chi connectivity index (χ1n) is 8.82. The van der Waals surface area contributed by atoms with Crippen LogP contribution in [-0.4, -0.2) is 38.9 Å². The number of hydrogen-bond donors (Lipinski definition) is 0. The lowest BCUT2D eigenvalue weighted by Gasteiger charge is -2.42. The smallest absolute Gasteiger partial charge is 0.231 e. The molecule has 0 aliphatic carbocycles. The molecular weight excluding hydrogens is 316 g/mol. The number of ether oxygens (including phenoxy) is 3. The van der Waals surface area contributed by atoms with Crippen LogP contribution in [0.4, 0.5) is 5.69 Å². The topological polar surface area (TPSA) is 34.2 Å². The van der Waals surface area contributed by atoms with E-state index in [0.29, 0.717) is 0 Å². The summed E-state index contributed by atoms with van der Waals surface area (Å²) in [6.07, 6.45) is 2.23. The van der Waals surface area contributed by atoms with Gasteiger partial charge in [0.1, 0.15) is 6.17 Å². The lowest BCUT2D eigenvalue weighted by Crippen LogP contribution is -2.43. The van der Waals surface area contributed by atoms with Crippen molar-refractivity contribution in [3.05, 3.63) is 47.0 Å². The number of benzene rings is 2. The first-order valence-corrected chi connectivity index (χ1v) is 8.82. The van der Waals surface area contributed by atoms with E-state index in [1.54, 1.807) is 7.11 Å². The molecule has 0 radical (unpaired) electrons. The molecule has 0 aromatic heterocycles. The summed E-state index contributed by atoms with van der Waals surface area (Å²) in [6, 6.07) is 10.8. The average molecular weight is 338 g/mol. The third-order valence-corrected chi connectivity index (χ3v) is 5.58. The molecule has 0 spiro atoms. The van der Waals surface area contributed by atoms with Crippen LogP contribution in [0.1, 0.15) is 22.9 Å². The Hall–Kier alpha value is -2.40. The van der Waals surface area contributed by atoms with Gasteiger partial charge in [-0.3, -0.25) is 4.90 Å². The summed E-state index contributed by atoms with van der Waals surface area (Å²) < 4.78 is 17.2. The molecule has 25 heavy (non-hydrogen) atoms. The highest BCUT2D eigenvalue weighted by atomic mass is 16.7. The number of nitrogens with zero attached hydrogens (tertiary/aromatic N) is 2. The number of methoxy groups -OCH3 is 1. The Morgan fingerprint density at radius 3 is 2.80 bits per heavy atom. The highest BCUT2D eigenvalue weighted by Gasteiger charge is 2.38. The minimum Gasteiger partial charge on any atom is -0.492 e. The van der Waals surface area contributed by atoms with Crippen molar-refractivity contribution < 1.29 is 14.2 Å². The van der Waals surface area contributed by atoms with Gasteiger partial charge in [-0.25, -0.2) is 0 Å². The molecule has 1 atom stereocenters. The van der Waals surface area contributed by atoms with Crippen LogP contribution in [0.25, 0.3) is 0 Å². The van der Waals surface area contributed by atoms with E-state index in [4.69, 9.17) is 14.2 Å². The molecular formula is C20H22N2O3. The Morgan fingerprint density at radius 1 is 1.08 bits per heavy atom. The molecule has 130 valence electrons. The highest BCUT2D eigenvalue weighted by molar-refractivity contribution is 5.66. The Morgan fingerprint density at radius 2 is 1.92 bits per heavy atom. The summed E-state index contributed by atoms with van der Waals surface area (Å²) in [4.78, 5) is 4.91. The van der Waals surface area contributed by atoms with Gasteiger partial charge in [0.25, 0.3) is 0 Å². The largest absolute Gasteiger partial charge is 0.492 e. The first-order chi connectivity index (χ1) is 12.3. The minimum atomic E-state index is 0.150. The Bertz CT molecular complexity index is 836. The molecule has 3 aliphatic heterocycles. The quantitative estimate of drug-likeness (QED) is 0.841. The van der Waals surface area contributed by atoms with Gasteiger partial charge < -0.3 is 19.1 Å². The van der Waals surface area contributed by atoms with Gasteiger partial charge in [0.15, 0.2) is 11.5 Å². The Labute approximate surface area is 147 Å². The van der Waals surface area contributed by atoms with Gasteiger partial charge in [-0.2, -0.15) is 0 Å². The summed E-state index contributed by atoms with van der Waals surface area (Å²) in [6.45, 7) is 2.30. The molecule has 3 aliphatic rings. The van der Waals surface area contributed by atoms with Crippen LogP contribution in [0.5, 0.6) is 17.2 Å². The second kappa shape index (κ2) is 5.56. The number of rotatable bonds is 2. The molecule has 2 aromatic carbocycles. The zero-order valence-electron chi connectivity index (χ0n) is 14.6. The fraction of sp³-hybridized carbons (Fsp3) is 0.400. The van der Waals surface area contributed by atoms with E-state index < -0.39 is 0 Å². The summed E-state index contributed by atoms with van der Waals surface area (Å²) in [5.41, 5.74) is 5.26. The number of fused-ring (bicyclic) bond motifs is 3. The normalized spacial score (nSPS) is 21.2. The van der Waals surface area contributed by atoms with E-state index in [1.807, 2.05) is 0 Å². The lowest BCUT2D eigenvalue weighted by atomic mass is 9.94. The number of likely N-dealkylation sites (N-methyl/N-ethyl adjacent to an activating group) is 1. The van der Waals surface area contributed by atoms with Gasteiger partial charge in [-0.15, -0.1) is 0 Å². The molecule has 2 aromatic rings. The molecule has 5 heteroatoms. The van der Waals surface area contributed by atoms with E-state index in [2.05, 4.69) is 47.2 Å². The van der Waals surface area contributed by atoms with Crippen molar-refractivity contribution in [3.63, 3.8) is 0 Å². The first kappa shape index (κ1) is 14.9. The number of para-hydroxylation sites is 1. The van der Waals surface area contributed by atoms with E-state index in [9.17, 15) is 0 Å². The molecule has 0 saturated carbocycles. The maximum absolute atomic E-state index is 5.82. The molecule has 0 amide bonds. The third-order valence-electron chi connectivity index (χ3n) is 5.58. The van der Waals surface area contributed by atoms with Gasteiger partial charge in [-0.05, 0) is 43.1 Å². The maximum Gasteiger partial charge on any atom is 0.231 e. The predicted molar refractivity (Wildman–Crippen MR) is 95.7 cm³/mol. The fourth-order valence-electron chi connectivity index (χ4n) is 4.42. The molecule has 0 saturated heterocycles. The van der Waals surface area contributed by atoms with Crippen LogP contribution in [0.15, 0.2) is 30.3 Å². The maximum atomic E-state index is 5.82. The highest BCUT2D eigenvalue weighted by Crippen LogP contribution is 2.51. The van der Waals surface area contributed by atoms with Crippen molar-refractivity contribution in [2.75, 3.05) is 38.9 Å². The predicted octanol–water partition coefficient (Wildman–Crippen LogP) is 2.97. The fourth-order valence-corrected chi connectivity index (χ4v) is 4.42. The summed E-state index contributed by atoms with van der Waals surface area (Å²) in [7, 11) is 3.92. The van der Waals surface area contributed by atoms with Crippen molar-refractivity contribution >= 4 is 5.69 Å². The van der Waals surface area contributed by atoms with Crippen LogP contribution in [0.3, 0.4) is 0 Å². The molecule has 5 nitrogen and oxygen atoms in total. The SMILES string of the molecule is COc1c2c(cc3c1[C@H](N1CCc4ccccc41)N(C)CC3)OCO2. The zero-order valence-corrected chi connectivity index (χ0v) is 14.6. The zero-order chi connectivity index (χ0) is 17.0. The summed E-state index contributed by atoms with van der Waals surface area (Å²) >= 11 is 0. The standard InChI is InChI=1S/C20H22N2O3/c1-21-9-7-14-11-16-18(25-12-24-16)19(23-2)17(14)20(21)22-10-8-13-5-3-4-6-15(13)22/h3-6,11,20H,7-10,12H2,1-2H3/t20-/m0/s1. The van der Waals surface area contributed by atoms with Gasteiger partial charge in [-0.1, -0.05) is 18.2 Å². The molecule has 0 fully saturated rings. The lowest BCUT2D eigenvalue weighted by molar-refractivity contribution is 0.170. The number of anilines is 1. The van der Waals surface area contributed by atoms with Gasteiger partial charge in [0.05, 0.1) is 7.11 Å². The third kappa shape index (κ3) is 2.12. The van der Waals surface area contributed by atoms with Crippen LogP contribution in [-0.2, 0) is 12.8 Å². The Balaban J connectivity index is 1.68. The van der Waals surface area contributed by atoms with Crippen LogP contribution >= 0.6 is 0 Å². The van der Waals surface area contributed by atoms with Crippen molar-refractivity contribution in [3.8, 4) is 17.2 Å². The second-order valence-corrected chi connectivity index (χ2v) is 6.89. The van der Waals surface area contributed by atoms with Gasteiger partial charge in [0.2, 0.25) is 12.5 Å². The van der Waals surface area contributed by atoms with Crippen LogP contribution < -0.4 is 19.1 Å². The van der Waals surface area contributed by atoms with Gasteiger partial charge in [0, 0.05) is 24.3 Å². The van der Waals surface area contributed by atoms with Crippen LogP contribution in [0.2, 0.25) is 0 Å². The molecule has 0 bridgehead atoms. The van der Waals surface area contributed by atoms with Crippen LogP contribution in [0, 0.1) is 0 Å². The van der Waals surface area contributed by atoms with Crippen molar-refractivity contribution in [2.24, 2.45) is 0 Å². The van der Waals surface area contributed by atoms with E-state index in [0.717, 1.165) is 43.2 Å². The Kier molecular flexibility index (Phi) is 3.31. The van der Waals surface area contributed by atoms with E-state index in [1.165, 1.54) is 22.4 Å². The molecule has 5 rings (SSSR count). The second-order valence-electron chi connectivity index (χ2n) is 6.89. The summed E-state index contributed by atoms with van der Waals surface area (Å²) in [5.74, 6) is 2.38. The summed E-state index contributed by atoms with van der Waals surface area (Å²) in [5, 5.41) is 0.